The van der Waals surface area contributed by atoms with Crippen molar-refractivity contribution in [1.29, 1.82) is 0 Å². The first-order valence-electron chi connectivity index (χ1n) is 8.61. The molecule has 5 nitrogen and oxygen atoms in total. The van der Waals surface area contributed by atoms with E-state index in [-0.39, 0.29) is 16.9 Å². The SMILES string of the molecule is COC(=O)c1cc(O)c(CCC=C(C)CCC=C(C)C)cc1C(=O)OC. The van der Waals surface area contributed by atoms with Gasteiger partial charge in [-0.3, -0.25) is 0 Å². The molecule has 0 heterocycles. The van der Waals surface area contributed by atoms with Gasteiger partial charge in [0.15, 0.2) is 0 Å². The topological polar surface area (TPSA) is 72.8 Å². The van der Waals surface area contributed by atoms with Gasteiger partial charge in [-0.1, -0.05) is 23.3 Å². The van der Waals surface area contributed by atoms with Gasteiger partial charge in [-0.05, 0) is 64.2 Å². The smallest absolute Gasteiger partial charge is 0.338 e. The van der Waals surface area contributed by atoms with E-state index in [1.165, 1.54) is 37.5 Å². The van der Waals surface area contributed by atoms with E-state index in [4.69, 9.17) is 4.74 Å². The molecule has 1 aromatic carbocycles. The number of carbonyl (C=O) groups excluding carboxylic acids is 2. The van der Waals surface area contributed by atoms with Crippen LogP contribution in [0, 0.1) is 0 Å². The van der Waals surface area contributed by atoms with Crippen molar-refractivity contribution in [2.45, 2.75) is 46.5 Å². The Hall–Kier alpha value is -2.56. The molecule has 0 saturated heterocycles. The number of benzene rings is 1. The van der Waals surface area contributed by atoms with Crippen LogP contribution in [0.3, 0.4) is 0 Å². The standard InChI is InChI=1S/C21H28O5/c1-14(2)8-6-9-15(3)10-7-11-16-12-17(20(23)25-4)18(13-19(16)22)21(24)26-5/h8,10,12-13,22H,6-7,9,11H2,1-5H3. The molecule has 0 aliphatic carbocycles. The van der Waals surface area contributed by atoms with Crippen LogP contribution >= 0.6 is 0 Å². The third-order valence-corrected chi connectivity index (χ3v) is 4.03. The van der Waals surface area contributed by atoms with E-state index in [2.05, 4.69) is 37.7 Å². The van der Waals surface area contributed by atoms with Gasteiger partial charge in [-0.15, -0.1) is 0 Å². The summed E-state index contributed by atoms with van der Waals surface area (Å²) in [5.41, 5.74) is 3.27. The lowest BCUT2D eigenvalue weighted by Gasteiger charge is -2.11. The first-order valence-corrected chi connectivity index (χ1v) is 8.61. The molecule has 0 spiro atoms. The molecule has 0 radical (unpaired) electrons. The normalized spacial score (nSPS) is 11.0. The third-order valence-electron chi connectivity index (χ3n) is 4.03. The van der Waals surface area contributed by atoms with Crippen molar-refractivity contribution in [3.05, 3.63) is 52.1 Å². The lowest BCUT2D eigenvalue weighted by Crippen LogP contribution is -2.12. The van der Waals surface area contributed by atoms with Crippen LogP contribution in [-0.2, 0) is 15.9 Å². The zero-order valence-corrected chi connectivity index (χ0v) is 16.2. The molecule has 1 rings (SSSR count). The number of allylic oxidation sites excluding steroid dienone is 4. The Bertz CT molecular complexity index is 709. The Balaban J connectivity index is 2.91. The van der Waals surface area contributed by atoms with Crippen LogP contribution in [0.4, 0.5) is 0 Å². The maximum Gasteiger partial charge on any atom is 0.338 e. The van der Waals surface area contributed by atoms with Gasteiger partial charge in [0.25, 0.3) is 0 Å². The molecule has 1 aromatic rings. The van der Waals surface area contributed by atoms with Gasteiger partial charge < -0.3 is 14.6 Å². The van der Waals surface area contributed by atoms with Crippen molar-refractivity contribution in [3.8, 4) is 5.75 Å². The summed E-state index contributed by atoms with van der Waals surface area (Å²) in [7, 11) is 2.46. The van der Waals surface area contributed by atoms with Crippen molar-refractivity contribution < 1.29 is 24.2 Å². The van der Waals surface area contributed by atoms with Crippen LogP contribution in [0.15, 0.2) is 35.4 Å². The van der Waals surface area contributed by atoms with Crippen molar-refractivity contribution in [2.24, 2.45) is 0 Å². The fraction of sp³-hybridized carbons (Fsp3) is 0.429. The molecule has 0 aliphatic rings. The molecule has 1 N–H and O–H groups in total. The number of carbonyl (C=O) groups is 2. The number of methoxy groups -OCH3 is 2. The molecule has 142 valence electrons. The van der Waals surface area contributed by atoms with Crippen LogP contribution < -0.4 is 0 Å². The Morgan fingerprint density at radius 1 is 0.962 bits per heavy atom. The molecule has 0 unspecified atom stereocenters. The van der Waals surface area contributed by atoms with E-state index in [0.717, 1.165) is 19.3 Å². The summed E-state index contributed by atoms with van der Waals surface area (Å²) in [6, 6.07) is 2.76. The number of phenolic OH excluding ortho intramolecular Hbond substituents is 1. The second-order valence-corrected chi connectivity index (χ2v) is 6.42. The van der Waals surface area contributed by atoms with Crippen LogP contribution in [0.1, 0.15) is 66.3 Å². The number of esters is 2. The van der Waals surface area contributed by atoms with Crippen LogP contribution in [0.5, 0.6) is 5.75 Å². The number of ether oxygens (including phenoxy) is 2. The Morgan fingerprint density at radius 2 is 1.54 bits per heavy atom. The molecular formula is C21H28O5. The van der Waals surface area contributed by atoms with Gasteiger partial charge in [0.05, 0.1) is 25.3 Å². The van der Waals surface area contributed by atoms with E-state index in [1.807, 2.05) is 0 Å². The maximum atomic E-state index is 11.9. The van der Waals surface area contributed by atoms with Gasteiger partial charge in [0, 0.05) is 0 Å². The molecule has 26 heavy (non-hydrogen) atoms. The molecular weight excluding hydrogens is 332 g/mol. The number of aryl methyl sites for hydroxylation is 1. The Labute approximate surface area is 155 Å². The molecule has 0 bridgehead atoms. The molecule has 0 amide bonds. The second-order valence-electron chi connectivity index (χ2n) is 6.42. The van der Waals surface area contributed by atoms with Gasteiger partial charge in [0.1, 0.15) is 5.75 Å². The summed E-state index contributed by atoms with van der Waals surface area (Å²) in [6.07, 6.45) is 7.62. The number of rotatable bonds is 8. The molecule has 0 fully saturated rings. The molecule has 0 aromatic heterocycles. The van der Waals surface area contributed by atoms with Gasteiger partial charge in [0.2, 0.25) is 0 Å². The highest BCUT2D eigenvalue weighted by atomic mass is 16.5. The lowest BCUT2D eigenvalue weighted by atomic mass is 9.99. The summed E-state index contributed by atoms with van der Waals surface area (Å²) in [4.78, 5) is 23.8. The fourth-order valence-corrected chi connectivity index (χ4v) is 2.56. The van der Waals surface area contributed by atoms with Crippen molar-refractivity contribution in [2.75, 3.05) is 14.2 Å². The first-order chi connectivity index (χ1) is 12.3. The molecule has 0 saturated carbocycles. The lowest BCUT2D eigenvalue weighted by molar-refractivity contribution is 0.0555. The number of aromatic hydroxyl groups is 1. The largest absolute Gasteiger partial charge is 0.508 e. The molecule has 0 aliphatic heterocycles. The van der Waals surface area contributed by atoms with Crippen molar-refractivity contribution >= 4 is 11.9 Å². The zero-order chi connectivity index (χ0) is 19.7. The van der Waals surface area contributed by atoms with E-state index >= 15 is 0 Å². The average Bonchev–Trinajstić information content (AvgIpc) is 2.61. The van der Waals surface area contributed by atoms with Crippen molar-refractivity contribution in [1.82, 2.24) is 0 Å². The predicted octanol–water partition coefficient (Wildman–Crippen LogP) is 4.59. The summed E-state index contributed by atoms with van der Waals surface area (Å²) >= 11 is 0. The van der Waals surface area contributed by atoms with Gasteiger partial charge in [-0.2, -0.15) is 0 Å². The first kappa shape index (κ1) is 21.5. The van der Waals surface area contributed by atoms with Gasteiger partial charge in [-0.25, -0.2) is 9.59 Å². The minimum Gasteiger partial charge on any atom is -0.508 e. The zero-order valence-electron chi connectivity index (χ0n) is 16.2. The second kappa shape index (κ2) is 10.4. The van der Waals surface area contributed by atoms with Crippen LogP contribution in [0.25, 0.3) is 0 Å². The predicted molar refractivity (Wildman–Crippen MR) is 102 cm³/mol. The summed E-state index contributed by atoms with van der Waals surface area (Å²) in [5.74, 6) is -1.36. The van der Waals surface area contributed by atoms with E-state index in [0.29, 0.717) is 12.0 Å². The summed E-state index contributed by atoms with van der Waals surface area (Å²) in [6.45, 7) is 6.25. The highest BCUT2D eigenvalue weighted by molar-refractivity contribution is 6.03. The van der Waals surface area contributed by atoms with Crippen LogP contribution in [-0.4, -0.2) is 31.3 Å². The highest BCUT2D eigenvalue weighted by Crippen LogP contribution is 2.26. The van der Waals surface area contributed by atoms with Crippen LogP contribution in [0.2, 0.25) is 0 Å². The number of hydrogen-bond acceptors (Lipinski definition) is 5. The molecule has 0 atom stereocenters. The number of hydrogen-bond donors (Lipinski definition) is 1. The van der Waals surface area contributed by atoms with Crippen molar-refractivity contribution in [3.63, 3.8) is 0 Å². The highest BCUT2D eigenvalue weighted by Gasteiger charge is 2.21. The van der Waals surface area contributed by atoms with Gasteiger partial charge >= 0.3 is 11.9 Å². The average molecular weight is 360 g/mol. The van der Waals surface area contributed by atoms with E-state index in [9.17, 15) is 14.7 Å². The Morgan fingerprint density at radius 3 is 2.08 bits per heavy atom. The molecule has 5 heteroatoms. The number of phenols is 1. The maximum absolute atomic E-state index is 11.9. The third kappa shape index (κ3) is 6.39. The van der Waals surface area contributed by atoms with E-state index < -0.39 is 11.9 Å². The summed E-state index contributed by atoms with van der Waals surface area (Å²) in [5, 5.41) is 10.2. The quantitative estimate of drug-likeness (QED) is 0.542. The monoisotopic (exact) mass is 360 g/mol. The minimum absolute atomic E-state index is 0.00551. The summed E-state index contributed by atoms with van der Waals surface area (Å²) < 4.78 is 9.39. The van der Waals surface area contributed by atoms with E-state index in [1.54, 1.807) is 0 Å². The fourth-order valence-electron chi connectivity index (χ4n) is 2.56. The Kier molecular flexibility index (Phi) is 8.62. The minimum atomic E-state index is -0.692.